The molecule has 0 fully saturated rings. The number of nitrogens with zero attached hydrogens (tertiary/aromatic N) is 4. The lowest BCUT2D eigenvalue weighted by Gasteiger charge is -2.30. The van der Waals surface area contributed by atoms with Gasteiger partial charge >= 0.3 is 6.18 Å². The zero-order valence-corrected chi connectivity index (χ0v) is 17.4. The number of pyridine rings is 1. The molecule has 1 atom stereocenters. The lowest BCUT2D eigenvalue weighted by atomic mass is 9.77. The minimum Gasteiger partial charge on any atom is -0.271 e. The van der Waals surface area contributed by atoms with E-state index < -0.39 is 23.2 Å². The average Bonchev–Trinajstić information content (AvgIpc) is 3.20. The van der Waals surface area contributed by atoms with Crippen LogP contribution in [-0.2, 0) is 11.7 Å². The van der Waals surface area contributed by atoms with Gasteiger partial charge in [-0.2, -0.15) is 13.2 Å². The number of halogens is 5. The number of aliphatic imine (C=N–C) groups is 1. The van der Waals surface area contributed by atoms with Gasteiger partial charge in [0.05, 0.1) is 0 Å². The van der Waals surface area contributed by atoms with Crippen molar-refractivity contribution >= 4 is 17.8 Å². The Hall–Kier alpha value is -3.65. The van der Waals surface area contributed by atoms with Crippen LogP contribution in [0.25, 0.3) is 11.1 Å². The zero-order valence-electron chi connectivity index (χ0n) is 16.7. The lowest BCUT2D eigenvalue weighted by molar-refractivity contribution is -0.141. The third-order valence-corrected chi connectivity index (χ3v) is 5.73. The van der Waals surface area contributed by atoms with Gasteiger partial charge in [0.25, 0.3) is 0 Å². The minimum absolute atomic E-state index is 0.110. The van der Waals surface area contributed by atoms with Gasteiger partial charge in [-0.3, -0.25) is 9.98 Å². The molecule has 164 valence electrons. The van der Waals surface area contributed by atoms with Crippen LogP contribution in [0.5, 0.6) is 0 Å². The molecule has 0 bridgehead atoms. The fraction of sp³-hybridized carbons (Fsp3) is 0.0833. The maximum absolute atomic E-state index is 14.8. The van der Waals surface area contributed by atoms with Gasteiger partial charge in [-0.1, -0.05) is 29.8 Å². The van der Waals surface area contributed by atoms with Crippen molar-refractivity contribution < 1.29 is 17.6 Å². The Bertz CT molecular complexity index is 1390. The summed E-state index contributed by atoms with van der Waals surface area (Å²) >= 11 is 6.16. The molecule has 3 heterocycles. The molecule has 9 heteroatoms. The van der Waals surface area contributed by atoms with Gasteiger partial charge in [0.1, 0.15) is 23.4 Å². The average molecular weight is 469 g/mol. The highest BCUT2D eigenvalue weighted by Gasteiger charge is 2.43. The lowest BCUT2D eigenvalue weighted by Crippen LogP contribution is -2.26. The summed E-state index contributed by atoms with van der Waals surface area (Å²) < 4.78 is 55.2. The van der Waals surface area contributed by atoms with Gasteiger partial charge in [-0.25, -0.2) is 14.4 Å². The van der Waals surface area contributed by atoms with E-state index >= 15 is 0 Å². The van der Waals surface area contributed by atoms with Gasteiger partial charge in [-0.15, -0.1) is 0 Å². The molecule has 2 aromatic carbocycles. The summed E-state index contributed by atoms with van der Waals surface area (Å²) in [6.07, 6.45) is 2.37. The van der Waals surface area contributed by atoms with Gasteiger partial charge in [0.2, 0.25) is 0 Å². The molecule has 33 heavy (non-hydrogen) atoms. The van der Waals surface area contributed by atoms with Crippen molar-refractivity contribution in [1.82, 2.24) is 15.0 Å². The normalized spacial score (nSPS) is 17.2. The Morgan fingerprint density at radius 3 is 2.39 bits per heavy atom. The van der Waals surface area contributed by atoms with Crippen molar-refractivity contribution in [2.24, 2.45) is 4.99 Å². The summed E-state index contributed by atoms with van der Waals surface area (Å²) in [6.45, 7) is 0. The van der Waals surface area contributed by atoms with Crippen molar-refractivity contribution in [1.29, 1.82) is 0 Å². The van der Waals surface area contributed by atoms with E-state index in [1.54, 1.807) is 30.6 Å². The predicted octanol–water partition coefficient (Wildman–Crippen LogP) is 6.07. The first kappa shape index (κ1) is 21.2. The van der Waals surface area contributed by atoms with Crippen LogP contribution < -0.4 is 0 Å². The SMILES string of the molecule is Fc1cc(Cl)cc2c1C=NC2(c1cccc(-c2cncnc2)c1)c1ccnc(C(F)(F)F)c1. The van der Waals surface area contributed by atoms with E-state index in [4.69, 9.17) is 11.6 Å². The molecule has 2 aromatic heterocycles. The van der Waals surface area contributed by atoms with Crippen LogP contribution in [0.1, 0.15) is 27.9 Å². The Morgan fingerprint density at radius 2 is 1.64 bits per heavy atom. The molecule has 0 amide bonds. The van der Waals surface area contributed by atoms with Crippen molar-refractivity contribution in [2.45, 2.75) is 11.7 Å². The summed E-state index contributed by atoms with van der Waals surface area (Å²) in [7, 11) is 0. The maximum atomic E-state index is 14.8. The highest BCUT2D eigenvalue weighted by Crippen LogP contribution is 2.47. The fourth-order valence-electron chi connectivity index (χ4n) is 4.06. The third-order valence-electron chi connectivity index (χ3n) is 5.51. The molecular formula is C24H13ClF4N4. The first-order valence-electron chi connectivity index (χ1n) is 9.73. The maximum Gasteiger partial charge on any atom is 0.433 e. The molecule has 0 aliphatic carbocycles. The van der Waals surface area contributed by atoms with Gasteiger partial charge in [0.15, 0.2) is 0 Å². The molecule has 1 aliphatic heterocycles. The van der Waals surface area contributed by atoms with E-state index in [-0.39, 0.29) is 16.1 Å². The zero-order chi connectivity index (χ0) is 23.2. The Morgan fingerprint density at radius 1 is 0.879 bits per heavy atom. The van der Waals surface area contributed by atoms with Crippen LogP contribution in [0.15, 0.2) is 78.4 Å². The highest BCUT2D eigenvalue weighted by molar-refractivity contribution is 6.30. The summed E-state index contributed by atoms with van der Waals surface area (Å²) in [4.78, 5) is 16.1. The second-order valence-electron chi connectivity index (χ2n) is 7.45. The molecule has 5 rings (SSSR count). The molecule has 4 nitrogen and oxygen atoms in total. The smallest absolute Gasteiger partial charge is 0.271 e. The first-order chi connectivity index (χ1) is 15.8. The molecule has 1 unspecified atom stereocenters. The van der Waals surface area contributed by atoms with Crippen molar-refractivity contribution in [3.05, 3.63) is 112 Å². The Balaban J connectivity index is 1.81. The summed E-state index contributed by atoms with van der Waals surface area (Å²) in [5.41, 5.74) is 0.117. The van der Waals surface area contributed by atoms with Crippen molar-refractivity contribution in [2.75, 3.05) is 0 Å². The van der Waals surface area contributed by atoms with Crippen LogP contribution in [0.4, 0.5) is 17.6 Å². The minimum atomic E-state index is -4.66. The second kappa shape index (κ2) is 7.74. The number of alkyl halides is 3. The monoisotopic (exact) mass is 468 g/mol. The van der Waals surface area contributed by atoms with Crippen LogP contribution in [-0.4, -0.2) is 21.2 Å². The largest absolute Gasteiger partial charge is 0.433 e. The molecule has 0 saturated heterocycles. The molecule has 0 radical (unpaired) electrons. The molecule has 1 aliphatic rings. The fourth-order valence-corrected chi connectivity index (χ4v) is 4.26. The molecule has 0 saturated carbocycles. The van der Waals surface area contributed by atoms with Crippen molar-refractivity contribution in [3.63, 3.8) is 0 Å². The quantitative estimate of drug-likeness (QED) is 0.343. The summed E-state index contributed by atoms with van der Waals surface area (Å²) in [5.74, 6) is -0.610. The number of benzene rings is 2. The number of hydrogen-bond acceptors (Lipinski definition) is 4. The van der Waals surface area contributed by atoms with E-state index in [2.05, 4.69) is 19.9 Å². The van der Waals surface area contributed by atoms with Gasteiger partial charge < -0.3 is 0 Å². The van der Waals surface area contributed by atoms with E-state index in [1.807, 2.05) is 6.07 Å². The highest BCUT2D eigenvalue weighted by atomic mass is 35.5. The van der Waals surface area contributed by atoms with Crippen LogP contribution in [0, 0.1) is 5.82 Å². The van der Waals surface area contributed by atoms with E-state index in [0.29, 0.717) is 16.7 Å². The van der Waals surface area contributed by atoms with Gasteiger partial charge in [0, 0.05) is 46.5 Å². The summed E-state index contributed by atoms with van der Waals surface area (Å²) in [5, 5.41) is 0.110. The Labute approximate surface area is 190 Å². The third kappa shape index (κ3) is 3.56. The van der Waals surface area contributed by atoms with Crippen molar-refractivity contribution in [3.8, 4) is 11.1 Å². The van der Waals surface area contributed by atoms with E-state index in [0.717, 1.165) is 23.9 Å². The Kier molecular flexibility index (Phi) is 4.97. The molecular weight excluding hydrogens is 456 g/mol. The molecule has 0 N–H and O–H groups in total. The predicted molar refractivity (Wildman–Crippen MR) is 116 cm³/mol. The van der Waals surface area contributed by atoms with E-state index in [9.17, 15) is 17.6 Å². The second-order valence-corrected chi connectivity index (χ2v) is 7.89. The van der Waals surface area contributed by atoms with Crippen LogP contribution in [0.3, 0.4) is 0 Å². The van der Waals surface area contributed by atoms with E-state index in [1.165, 1.54) is 24.7 Å². The molecule has 4 aromatic rings. The van der Waals surface area contributed by atoms with Crippen LogP contribution >= 0.6 is 11.6 Å². The molecule has 0 spiro atoms. The summed E-state index contributed by atoms with van der Waals surface area (Å²) in [6, 6.07) is 12.1. The number of rotatable bonds is 3. The first-order valence-corrected chi connectivity index (χ1v) is 10.1. The standard InChI is InChI=1S/C24H13ClF4N4/c25-18-8-20-19(21(26)9-18)12-33-23(20,17-4-5-32-22(7-17)24(27,28)29)16-3-1-2-14(6-16)15-10-30-13-31-11-15/h1-13H. The number of hydrogen-bond donors (Lipinski definition) is 0. The number of fused-ring (bicyclic) bond motifs is 1. The van der Waals surface area contributed by atoms with Gasteiger partial charge in [-0.05, 0) is 47.0 Å². The number of aromatic nitrogens is 3. The topological polar surface area (TPSA) is 51.0 Å². The van der Waals surface area contributed by atoms with Crippen LogP contribution in [0.2, 0.25) is 5.02 Å².